The number of hydrogen-bond acceptors (Lipinski definition) is 4. The Kier molecular flexibility index (Phi) is 6.17. The number of alkyl halides is 3. The maximum absolute atomic E-state index is 13.8. The fraction of sp³-hybridized carbons (Fsp3) is 0.0741. The summed E-state index contributed by atoms with van der Waals surface area (Å²) in [5.74, 6) is -1.23. The predicted octanol–water partition coefficient (Wildman–Crippen LogP) is 4.88. The lowest BCUT2D eigenvalue weighted by molar-refractivity contribution is -0.137. The molecule has 0 aliphatic carbocycles. The summed E-state index contributed by atoms with van der Waals surface area (Å²) in [5, 5.41) is 2.47. The molecule has 39 heavy (non-hydrogen) atoms. The summed E-state index contributed by atoms with van der Waals surface area (Å²) in [5.41, 5.74) is -3.90. The van der Waals surface area contributed by atoms with Gasteiger partial charge in [0.25, 0.3) is 11.1 Å². The number of nitrogens with zero attached hydrogens (tertiary/aromatic N) is 3. The number of rotatable bonds is 4. The first-order chi connectivity index (χ1) is 18.5. The molecule has 0 radical (unpaired) electrons. The number of fused-ring (bicyclic) bond motifs is 1. The lowest BCUT2D eigenvalue weighted by Gasteiger charge is -2.19. The zero-order chi connectivity index (χ0) is 28.1. The molecule has 0 aliphatic rings. The summed E-state index contributed by atoms with van der Waals surface area (Å²) in [7, 11) is 1.31. The second-order valence-electron chi connectivity index (χ2n) is 8.57. The van der Waals surface area contributed by atoms with Crippen LogP contribution in [0.25, 0.3) is 22.4 Å². The summed E-state index contributed by atoms with van der Waals surface area (Å²) < 4.78 is 70.0. The van der Waals surface area contributed by atoms with Crippen LogP contribution in [0, 0.1) is 11.6 Å². The molecule has 198 valence electrons. The van der Waals surface area contributed by atoms with Crippen molar-refractivity contribution in [3.05, 3.63) is 127 Å². The van der Waals surface area contributed by atoms with Crippen molar-refractivity contribution < 1.29 is 22.0 Å². The SMILES string of the molecule is Cn1c(=O)cc(Nc2cccc(C(F)(F)F)c2)c2c(=O)n(-c3ccc(F)cc3)c(=O)n(-c3ccc(F)cc3)c21. The third-order valence-electron chi connectivity index (χ3n) is 6.06. The quantitative estimate of drug-likeness (QED) is 0.330. The lowest BCUT2D eigenvalue weighted by atomic mass is 10.1. The van der Waals surface area contributed by atoms with Gasteiger partial charge >= 0.3 is 11.9 Å². The maximum atomic E-state index is 13.8. The van der Waals surface area contributed by atoms with Crippen LogP contribution in [0.4, 0.5) is 33.3 Å². The summed E-state index contributed by atoms with van der Waals surface area (Å²) >= 11 is 0. The van der Waals surface area contributed by atoms with Crippen molar-refractivity contribution in [3.8, 4) is 11.4 Å². The highest BCUT2D eigenvalue weighted by molar-refractivity contribution is 5.91. The standard InChI is InChI=1S/C27H17F5N4O3/c1-34-22(37)14-21(33-18-4-2-3-15(13-18)27(30,31)32)23-24(34)35(19-9-5-16(28)6-10-19)26(39)36(25(23)38)20-11-7-17(29)8-12-20/h2-14,33H,1H3. The van der Waals surface area contributed by atoms with Crippen molar-refractivity contribution in [1.29, 1.82) is 0 Å². The zero-order valence-corrected chi connectivity index (χ0v) is 20.0. The van der Waals surface area contributed by atoms with Gasteiger partial charge < -0.3 is 5.32 Å². The third-order valence-corrected chi connectivity index (χ3v) is 6.06. The molecule has 2 aromatic heterocycles. The van der Waals surface area contributed by atoms with E-state index in [0.29, 0.717) is 0 Å². The molecular formula is C27H17F5N4O3. The van der Waals surface area contributed by atoms with Crippen molar-refractivity contribution in [2.75, 3.05) is 5.32 Å². The first-order valence-electron chi connectivity index (χ1n) is 11.3. The highest BCUT2D eigenvalue weighted by Gasteiger charge is 2.30. The molecule has 7 nitrogen and oxygen atoms in total. The van der Waals surface area contributed by atoms with Gasteiger partial charge in [0, 0.05) is 18.8 Å². The highest BCUT2D eigenvalue weighted by Crippen LogP contribution is 2.32. The Labute approximate surface area is 215 Å². The van der Waals surface area contributed by atoms with Crippen LogP contribution in [0.1, 0.15) is 5.56 Å². The van der Waals surface area contributed by atoms with Crippen molar-refractivity contribution in [2.24, 2.45) is 7.05 Å². The van der Waals surface area contributed by atoms with Crippen LogP contribution >= 0.6 is 0 Å². The van der Waals surface area contributed by atoms with E-state index >= 15 is 0 Å². The van der Waals surface area contributed by atoms with Crippen LogP contribution < -0.4 is 22.1 Å². The predicted molar refractivity (Wildman–Crippen MR) is 135 cm³/mol. The summed E-state index contributed by atoms with van der Waals surface area (Å²) in [6.07, 6.45) is -4.65. The molecule has 5 rings (SSSR count). The molecule has 12 heteroatoms. The fourth-order valence-corrected chi connectivity index (χ4v) is 4.22. The van der Waals surface area contributed by atoms with Crippen molar-refractivity contribution in [1.82, 2.24) is 13.7 Å². The van der Waals surface area contributed by atoms with Gasteiger partial charge in [0.15, 0.2) is 0 Å². The van der Waals surface area contributed by atoms with Gasteiger partial charge in [-0.1, -0.05) is 6.07 Å². The van der Waals surface area contributed by atoms with Gasteiger partial charge in [0.2, 0.25) is 0 Å². The molecule has 5 aromatic rings. The Balaban J connectivity index is 1.90. The summed E-state index contributed by atoms with van der Waals surface area (Å²) in [6, 6.07) is 14.3. The van der Waals surface area contributed by atoms with Crippen molar-refractivity contribution in [2.45, 2.75) is 6.18 Å². The van der Waals surface area contributed by atoms with E-state index in [0.717, 1.165) is 62.2 Å². The Bertz CT molecular complexity index is 1910. The van der Waals surface area contributed by atoms with Crippen LogP contribution in [0.15, 0.2) is 93.2 Å². The van der Waals surface area contributed by atoms with Gasteiger partial charge in [-0.3, -0.25) is 14.2 Å². The van der Waals surface area contributed by atoms with E-state index in [-0.39, 0.29) is 33.8 Å². The number of aromatic nitrogens is 3. The van der Waals surface area contributed by atoms with E-state index < -0.39 is 40.2 Å². The highest BCUT2D eigenvalue weighted by atomic mass is 19.4. The molecule has 0 aliphatic heterocycles. The van der Waals surface area contributed by atoms with Gasteiger partial charge in [0.05, 0.1) is 22.6 Å². The van der Waals surface area contributed by atoms with Gasteiger partial charge in [-0.2, -0.15) is 13.2 Å². The number of hydrogen-bond donors (Lipinski definition) is 1. The molecule has 3 aromatic carbocycles. The normalized spacial score (nSPS) is 11.6. The van der Waals surface area contributed by atoms with Crippen LogP contribution in [0.2, 0.25) is 0 Å². The minimum absolute atomic E-state index is 0.0111. The molecule has 0 saturated carbocycles. The van der Waals surface area contributed by atoms with E-state index in [1.165, 1.54) is 37.4 Å². The van der Waals surface area contributed by atoms with Crippen LogP contribution in [0.3, 0.4) is 0 Å². The minimum atomic E-state index is -4.65. The topological polar surface area (TPSA) is 78.0 Å². The largest absolute Gasteiger partial charge is 0.416 e. The fourth-order valence-electron chi connectivity index (χ4n) is 4.22. The number of pyridine rings is 1. The third kappa shape index (κ3) is 4.60. The molecule has 0 amide bonds. The minimum Gasteiger partial charge on any atom is -0.355 e. The van der Waals surface area contributed by atoms with E-state index in [1.807, 2.05) is 0 Å². The molecular weight excluding hydrogens is 523 g/mol. The Hall–Kier alpha value is -5.00. The van der Waals surface area contributed by atoms with Gasteiger partial charge in [-0.05, 0) is 66.7 Å². The number of nitrogens with one attached hydrogen (secondary N) is 1. The van der Waals surface area contributed by atoms with Crippen molar-refractivity contribution in [3.63, 3.8) is 0 Å². The van der Waals surface area contributed by atoms with Crippen LogP contribution in [-0.2, 0) is 13.2 Å². The average Bonchev–Trinajstić information content (AvgIpc) is 2.88. The van der Waals surface area contributed by atoms with Gasteiger partial charge in [0.1, 0.15) is 22.7 Å². The molecule has 0 spiro atoms. The molecule has 0 atom stereocenters. The maximum Gasteiger partial charge on any atom is 0.416 e. The van der Waals surface area contributed by atoms with Crippen molar-refractivity contribution >= 4 is 22.4 Å². The molecule has 0 fully saturated rings. The molecule has 0 saturated heterocycles. The Morgan fingerprint density at radius 1 is 0.744 bits per heavy atom. The second-order valence-corrected chi connectivity index (χ2v) is 8.57. The number of halogens is 5. The lowest BCUT2D eigenvalue weighted by Crippen LogP contribution is -2.40. The molecule has 0 bridgehead atoms. The van der Waals surface area contributed by atoms with Gasteiger partial charge in [-0.25, -0.2) is 22.7 Å². The van der Waals surface area contributed by atoms with E-state index in [9.17, 15) is 36.3 Å². The Morgan fingerprint density at radius 3 is 1.87 bits per heavy atom. The molecule has 0 unspecified atom stereocenters. The number of aryl methyl sites for hydroxylation is 1. The van der Waals surface area contributed by atoms with E-state index in [1.54, 1.807) is 0 Å². The summed E-state index contributed by atoms with van der Waals surface area (Å²) in [4.78, 5) is 40.5. The Morgan fingerprint density at radius 2 is 1.31 bits per heavy atom. The molecule has 1 N–H and O–H groups in total. The average molecular weight is 540 g/mol. The smallest absolute Gasteiger partial charge is 0.355 e. The van der Waals surface area contributed by atoms with Gasteiger partial charge in [-0.15, -0.1) is 0 Å². The second kappa shape index (κ2) is 9.39. The number of benzene rings is 3. The van der Waals surface area contributed by atoms with Crippen LogP contribution in [-0.4, -0.2) is 13.7 Å². The monoisotopic (exact) mass is 540 g/mol. The molecule has 2 heterocycles. The number of anilines is 2. The zero-order valence-electron chi connectivity index (χ0n) is 20.0. The van der Waals surface area contributed by atoms with E-state index in [2.05, 4.69) is 5.32 Å². The van der Waals surface area contributed by atoms with Crippen LogP contribution in [0.5, 0.6) is 0 Å². The first-order valence-corrected chi connectivity index (χ1v) is 11.3. The van der Waals surface area contributed by atoms with E-state index in [4.69, 9.17) is 0 Å². The summed E-state index contributed by atoms with van der Waals surface area (Å²) in [6.45, 7) is 0. The first kappa shape index (κ1) is 25.6.